The van der Waals surface area contributed by atoms with Crippen molar-refractivity contribution in [2.45, 2.75) is 56.7 Å². The highest BCUT2D eigenvalue weighted by molar-refractivity contribution is 7.92. The van der Waals surface area contributed by atoms with Crippen LogP contribution >= 0.6 is 0 Å². The highest BCUT2D eigenvalue weighted by Crippen LogP contribution is 2.24. The van der Waals surface area contributed by atoms with Gasteiger partial charge in [-0.1, -0.05) is 19.3 Å². The number of sulfone groups is 1. The van der Waals surface area contributed by atoms with Gasteiger partial charge in [0.05, 0.1) is 16.7 Å². The van der Waals surface area contributed by atoms with E-state index in [-0.39, 0.29) is 12.0 Å². The van der Waals surface area contributed by atoms with E-state index < -0.39 is 14.6 Å². The van der Waals surface area contributed by atoms with Crippen LogP contribution in [0, 0.1) is 17.2 Å². The summed E-state index contributed by atoms with van der Waals surface area (Å²) < 4.78 is 22.5. The van der Waals surface area contributed by atoms with E-state index in [0.717, 1.165) is 25.7 Å². The van der Waals surface area contributed by atoms with Crippen molar-refractivity contribution in [3.05, 3.63) is 0 Å². The molecule has 2 unspecified atom stereocenters. The summed E-state index contributed by atoms with van der Waals surface area (Å²) in [5, 5.41) is 12.5. The standard InChI is InChI=1S/C13H24N2O2S/c1-13(2,18(3,16)17)10-15-12-8-6-4-5-7-11(12)9-14/h11-12,15H,4-8,10H2,1-3H3. The molecule has 0 spiro atoms. The van der Waals surface area contributed by atoms with Crippen LogP contribution in [0.2, 0.25) is 0 Å². The minimum Gasteiger partial charge on any atom is -0.311 e. The van der Waals surface area contributed by atoms with Crippen molar-refractivity contribution in [1.82, 2.24) is 5.32 Å². The summed E-state index contributed by atoms with van der Waals surface area (Å²) in [6.45, 7) is 3.87. The average molecular weight is 272 g/mol. The number of rotatable bonds is 4. The molecule has 1 aliphatic carbocycles. The molecule has 1 N–H and O–H groups in total. The Labute approximate surface area is 111 Å². The van der Waals surface area contributed by atoms with Crippen LogP contribution < -0.4 is 5.32 Å². The molecule has 0 heterocycles. The second-order valence-electron chi connectivity index (χ2n) is 5.89. The molecular formula is C13H24N2O2S. The first-order valence-corrected chi connectivity index (χ1v) is 8.50. The van der Waals surface area contributed by atoms with Gasteiger partial charge in [-0.3, -0.25) is 0 Å². The fourth-order valence-electron chi connectivity index (χ4n) is 2.21. The second-order valence-corrected chi connectivity index (χ2v) is 8.54. The number of nitrogens with zero attached hydrogens (tertiary/aromatic N) is 1. The van der Waals surface area contributed by atoms with Gasteiger partial charge in [-0.05, 0) is 26.7 Å². The van der Waals surface area contributed by atoms with Crippen LogP contribution in [0.25, 0.3) is 0 Å². The Hall–Kier alpha value is -0.600. The molecule has 18 heavy (non-hydrogen) atoms. The van der Waals surface area contributed by atoms with Crippen molar-refractivity contribution in [3.63, 3.8) is 0 Å². The summed E-state index contributed by atoms with van der Waals surface area (Å²) in [6, 6.07) is 2.49. The van der Waals surface area contributed by atoms with E-state index in [1.54, 1.807) is 13.8 Å². The van der Waals surface area contributed by atoms with E-state index in [0.29, 0.717) is 6.54 Å². The molecular weight excluding hydrogens is 248 g/mol. The van der Waals surface area contributed by atoms with E-state index in [1.807, 2.05) is 0 Å². The summed E-state index contributed by atoms with van der Waals surface area (Å²) in [7, 11) is -3.08. The largest absolute Gasteiger partial charge is 0.311 e. The van der Waals surface area contributed by atoms with Crippen molar-refractivity contribution < 1.29 is 8.42 Å². The van der Waals surface area contributed by atoms with Gasteiger partial charge >= 0.3 is 0 Å². The van der Waals surface area contributed by atoms with Crippen molar-refractivity contribution in [2.24, 2.45) is 5.92 Å². The second kappa shape index (κ2) is 6.03. The minimum atomic E-state index is -3.08. The summed E-state index contributed by atoms with van der Waals surface area (Å²) in [5.41, 5.74) is 0. The lowest BCUT2D eigenvalue weighted by molar-refractivity contribution is 0.377. The molecule has 0 bridgehead atoms. The maximum absolute atomic E-state index is 11.6. The fourth-order valence-corrected chi connectivity index (χ4v) is 2.56. The van der Waals surface area contributed by atoms with Gasteiger partial charge in [0.25, 0.3) is 0 Å². The van der Waals surface area contributed by atoms with E-state index in [9.17, 15) is 8.42 Å². The van der Waals surface area contributed by atoms with Crippen molar-refractivity contribution in [1.29, 1.82) is 5.26 Å². The lowest BCUT2D eigenvalue weighted by atomic mass is 9.96. The van der Waals surface area contributed by atoms with E-state index in [2.05, 4.69) is 11.4 Å². The van der Waals surface area contributed by atoms with Gasteiger partial charge in [0.2, 0.25) is 0 Å². The third kappa shape index (κ3) is 3.96. The molecule has 0 aliphatic heterocycles. The highest BCUT2D eigenvalue weighted by Gasteiger charge is 2.32. The molecule has 0 amide bonds. The Morgan fingerprint density at radius 2 is 1.89 bits per heavy atom. The lowest BCUT2D eigenvalue weighted by Gasteiger charge is -2.28. The van der Waals surface area contributed by atoms with Gasteiger partial charge in [-0.15, -0.1) is 0 Å². The van der Waals surface area contributed by atoms with Gasteiger partial charge in [-0.25, -0.2) is 8.42 Å². The van der Waals surface area contributed by atoms with Crippen molar-refractivity contribution in [3.8, 4) is 6.07 Å². The Kier molecular flexibility index (Phi) is 5.18. The zero-order valence-corrected chi connectivity index (χ0v) is 12.4. The summed E-state index contributed by atoms with van der Waals surface area (Å²) in [4.78, 5) is 0. The van der Waals surface area contributed by atoms with E-state index in [4.69, 9.17) is 5.26 Å². The normalized spacial score (nSPS) is 26.3. The molecule has 2 atom stereocenters. The van der Waals surface area contributed by atoms with Crippen molar-refractivity contribution in [2.75, 3.05) is 12.8 Å². The first-order chi connectivity index (χ1) is 8.28. The van der Waals surface area contributed by atoms with Gasteiger partial charge in [0.1, 0.15) is 0 Å². The van der Waals surface area contributed by atoms with Crippen LogP contribution in [0.3, 0.4) is 0 Å². The molecule has 1 aliphatic rings. The molecule has 4 nitrogen and oxygen atoms in total. The van der Waals surface area contributed by atoms with Gasteiger partial charge in [-0.2, -0.15) is 5.26 Å². The van der Waals surface area contributed by atoms with Gasteiger partial charge in [0, 0.05) is 18.8 Å². The molecule has 1 saturated carbocycles. The topological polar surface area (TPSA) is 70.0 Å². The van der Waals surface area contributed by atoms with E-state index in [1.165, 1.54) is 12.7 Å². The van der Waals surface area contributed by atoms with Crippen LogP contribution in [0.4, 0.5) is 0 Å². The first-order valence-electron chi connectivity index (χ1n) is 6.60. The Bertz CT molecular complexity index is 409. The highest BCUT2D eigenvalue weighted by atomic mass is 32.2. The number of hydrogen-bond acceptors (Lipinski definition) is 4. The number of hydrogen-bond donors (Lipinski definition) is 1. The average Bonchev–Trinajstić information content (AvgIpc) is 2.49. The van der Waals surface area contributed by atoms with Crippen LogP contribution in [0.5, 0.6) is 0 Å². The lowest BCUT2D eigenvalue weighted by Crippen LogP contribution is -2.47. The summed E-state index contributed by atoms with van der Waals surface area (Å²) in [6.07, 6.45) is 6.56. The maximum atomic E-state index is 11.6. The predicted octanol–water partition coefficient (Wildman–Crippen LogP) is 1.87. The first kappa shape index (κ1) is 15.5. The third-order valence-corrected chi connectivity index (χ3v) is 6.13. The smallest absolute Gasteiger partial charge is 0.153 e. The maximum Gasteiger partial charge on any atom is 0.153 e. The Balaban J connectivity index is 2.63. The fraction of sp³-hybridized carbons (Fsp3) is 0.923. The van der Waals surface area contributed by atoms with Crippen LogP contribution in [0.1, 0.15) is 46.0 Å². The Morgan fingerprint density at radius 3 is 2.44 bits per heavy atom. The summed E-state index contributed by atoms with van der Waals surface area (Å²) in [5.74, 6) is 0.0165. The number of nitrogens with one attached hydrogen (secondary N) is 1. The molecule has 0 aromatic carbocycles. The molecule has 0 saturated heterocycles. The van der Waals surface area contributed by atoms with Crippen LogP contribution in [-0.2, 0) is 9.84 Å². The Morgan fingerprint density at radius 1 is 1.28 bits per heavy atom. The number of nitriles is 1. The van der Waals surface area contributed by atoms with Crippen LogP contribution in [0.15, 0.2) is 0 Å². The quantitative estimate of drug-likeness (QED) is 0.793. The van der Waals surface area contributed by atoms with Gasteiger partial charge in [0.15, 0.2) is 9.84 Å². The molecule has 1 fully saturated rings. The summed E-state index contributed by atoms with van der Waals surface area (Å²) >= 11 is 0. The predicted molar refractivity (Wildman–Crippen MR) is 72.9 cm³/mol. The molecule has 0 aromatic heterocycles. The SMILES string of the molecule is CC(C)(CNC1CCCCCC1C#N)S(C)(=O)=O. The monoisotopic (exact) mass is 272 g/mol. The molecule has 1 rings (SSSR count). The molecule has 104 valence electrons. The van der Waals surface area contributed by atoms with Crippen LogP contribution in [-0.4, -0.2) is 32.0 Å². The zero-order valence-electron chi connectivity index (χ0n) is 11.6. The minimum absolute atomic E-state index is 0.0165. The molecule has 5 heteroatoms. The van der Waals surface area contributed by atoms with Crippen molar-refractivity contribution >= 4 is 9.84 Å². The van der Waals surface area contributed by atoms with E-state index >= 15 is 0 Å². The molecule has 0 aromatic rings. The van der Waals surface area contributed by atoms with Gasteiger partial charge < -0.3 is 5.32 Å². The third-order valence-electron chi connectivity index (χ3n) is 3.98. The zero-order chi connectivity index (χ0) is 13.8. The molecule has 0 radical (unpaired) electrons.